The topological polar surface area (TPSA) is 57.0 Å². The Morgan fingerprint density at radius 2 is 2.42 bits per heavy atom. The van der Waals surface area contributed by atoms with Crippen molar-refractivity contribution in [2.24, 2.45) is 5.41 Å². The third kappa shape index (κ3) is 2.90. The molecule has 2 rings (SSSR count). The van der Waals surface area contributed by atoms with Crippen molar-refractivity contribution in [1.29, 1.82) is 5.26 Å². The summed E-state index contributed by atoms with van der Waals surface area (Å²) in [5.74, 6) is -0.0152. The molecule has 0 radical (unpaired) electrons. The number of nitrogens with zero attached hydrogens (tertiary/aromatic N) is 3. The number of carbonyl (C=O) groups excluding carboxylic acids is 1. The second-order valence-electron chi connectivity index (χ2n) is 5.06. The van der Waals surface area contributed by atoms with E-state index in [1.54, 1.807) is 23.2 Å². The second-order valence-corrected chi connectivity index (χ2v) is 5.86. The lowest BCUT2D eigenvalue weighted by molar-refractivity contribution is 0.0625. The van der Waals surface area contributed by atoms with Crippen molar-refractivity contribution >= 4 is 17.7 Å². The number of rotatable bonds is 2. The molecule has 100 valence electrons. The van der Waals surface area contributed by atoms with Gasteiger partial charge in [0.25, 0.3) is 5.91 Å². The Kier molecular flexibility index (Phi) is 4.11. The van der Waals surface area contributed by atoms with Crippen LogP contribution in [0.5, 0.6) is 0 Å². The summed E-state index contributed by atoms with van der Waals surface area (Å²) in [4.78, 5) is 18.5. The summed E-state index contributed by atoms with van der Waals surface area (Å²) < 4.78 is 0. The van der Waals surface area contributed by atoms with Gasteiger partial charge in [-0.05, 0) is 38.2 Å². The highest BCUT2D eigenvalue weighted by Gasteiger charge is 2.34. The number of aromatic nitrogens is 1. The third-order valence-electron chi connectivity index (χ3n) is 3.45. The summed E-state index contributed by atoms with van der Waals surface area (Å²) in [7, 11) is 0. The molecule has 19 heavy (non-hydrogen) atoms. The molecule has 2 heterocycles. The minimum atomic E-state index is -0.421. The molecule has 0 unspecified atom stereocenters. The molecule has 1 aliphatic rings. The van der Waals surface area contributed by atoms with Crippen molar-refractivity contribution in [3.8, 4) is 6.07 Å². The minimum Gasteiger partial charge on any atom is -0.337 e. The van der Waals surface area contributed by atoms with Gasteiger partial charge >= 0.3 is 0 Å². The highest BCUT2D eigenvalue weighted by Crippen LogP contribution is 2.30. The lowest BCUT2D eigenvalue weighted by Gasteiger charge is -2.36. The van der Waals surface area contributed by atoms with Crippen molar-refractivity contribution < 1.29 is 4.79 Å². The van der Waals surface area contributed by atoms with Gasteiger partial charge in [0.2, 0.25) is 0 Å². The quantitative estimate of drug-likeness (QED) is 0.778. The number of likely N-dealkylation sites (tertiary alicyclic amines) is 1. The van der Waals surface area contributed by atoms with Gasteiger partial charge in [-0.2, -0.15) is 5.26 Å². The van der Waals surface area contributed by atoms with Crippen molar-refractivity contribution in [3.05, 3.63) is 23.9 Å². The van der Waals surface area contributed by atoms with Crippen LogP contribution in [0.2, 0.25) is 0 Å². The van der Waals surface area contributed by atoms with Gasteiger partial charge in [-0.3, -0.25) is 4.79 Å². The molecular formula is C14H17N3OS. The van der Waals surface area contributed by atoms with Crippen molar-refractivity contribution in [2.45, 2.75) is 24.8 Å². The average Bonchev–Trinajstić information content (AvgIpc) is 2.46. The third-order valence-corrected chi connectivity index (χ3v) is 4.16. The first-order valence-corrected chi connectivity index (χ1v) is 7.52. The molecule has 1 aromatic heterocycles. The van der Waals surface area contributed by atoms with Gasteiger partial charge in [0, 0.05) is 19.3 Å². The van der Waals surface area contributed by atoms with Crippen LogP contribution in [0.1, 0.15) is 30.1 Å². The molecule has 1 saturated heterocycles. The number of carbonyl (C=O) groups is 1. The van der Waals surface area contributed by atoms with Gasteiger partial charge in [0.1, 0.15) is 5.03 Å². The Hall–Kier alpha value is -1.54. The van der Waals surface area contributed by atoms with E-state index >= 15 is 0 Å². The molecule has 0 bridgehead atoms. The predicted octanol–water partition coefficient (Wildman–Crippen LogP) is 2.57. The first kappa shape index (κ1) is 13.9. The smallest absolute Gasteiger partial charge is 0.256 e. The second kappa shape index (κ2) is 5.62. The molecule has 0 saturated carbocycles. The fourth-order valence-corrected chi connectivity index (χ4v) is 2.93. The number of pyridine rings is 1. The zero-order valence-corrected chi connectivity index (χ0v) is 12.0. The zero-order valence-electron chi connectivity index (χ0n) is 11.2. The molecule has 1 aromatic rings. The van der Waals surface area contributed by atoms with Gasteiger partial charge in [-0.25, -0.2) is 4.98 Å². The van der Waals surface area contributed by atoms with Crippen LogP contribution in [-0.2, 0) is 0 Å². The summed E-state index contributed by atoms with van der Waals surface area (Å²) in [6, 6.07) is 5.91. The standard InChI is InChI=1S/C14H17N3OS/c1-14(9-15)6-4-8-17(10-14)13(18)11-5-3-7-16-12(11)19-2/h3,5,7H,4,6,8,10H2,1-2H3/t14-/m0/s1. The van der Waals surface area contributed by atoms with E-state index in [4.69, 9.17) is 0 Å². The maximum atomic E-state index is 12.5. The Bertz CT molecular complexity index is 526. The summed E-state index contributed by atoms with van der Waals surface area (Å²) in [5, 5.41) is 9.96. The number of amides is 1. The summed E-state index contributed by atoms with van der Waals surface area (Å²) in [5.41, 5.74) is 0.215. The van der Waals surface area contributed by atoms with E-state index < -0.39 is 5.41 Å². The van der Waals surface area contributed by atoms with Crippen LogP contribution in [0.25, 0.3) is 0 Å². The lowest BCUT2D eigenvalue weighted by Crippen LogP contribution is -2.44. The Morgan fingerprint density at radius 3 is 3.11 bits per heavy atom. The van der Waals surface area contributed by atoms with Gasteiger partial charge < -0.3 is 4.90 Å². The monoisotopic (exact) mass is 275 g/mol. The summed E-state index contributed by atoms with van der Waals surface area (Å²) >= 11 is 1.47. The van der Waals surface area contributed by atoms with Crippen LogP contribution in [-0.4, -0.2) is 35.1 Å². The first-order chi connectivity index (χ1) is 9.09. The van der Waals surface area contributed by atoms with E-state index in [1.807, 2.05) is 13.2 Å². The molecule has 0 N–H and O–H groups in total. The van der Waals surface area contributed by atoms with Crippen LogP contribution in [0.4, 0.5) is 0 Å². The van der Waals surface area contributed by atoms with E-state index in [-0.39, 0.29) is 5.91 Å². The van der Waals surface area contributed by atoms with E-state index in [0.717, 1.165) is 24.4 Å². The molecule has 1 fully saturated rings. The SMILES string of the molecule is CSc1ncccc1C(=O)N1CCC[C@@](C)(C#N)C1. The maximum Gasteiger partial charge on any atom is 0.256 e. The summed E-state index contributed by atoms with van der Waals surface area (Å²) in [6.07, 6.45) is 5.34. The van der Waals surface area contributed by atoms with Gasteiger partial charge in [-0.15, -0.1) is 11.8 Å². The van der Waals surface area contributed by atoms with Crippen molar-refractivity contribution in [1.82, 2.24) is 9.88 Å². The molecule has 1 aliphatic heterocycles. The molecule has 0 aromatic carbocycles. The highest BCUT2D eigenvalue weighted by molar-refractivity contribution is 7.98. The number of thioether (sulfide) groups is 1. The van der Waals surface area contributed by atoms with Crippen LogP contribution >= 0.6 is 11.8 Å². The molecule has 0 aliphatic carbocycles. The fourth-order valence-electron chi connectivity index (χ4n) is 2.39. The van der Waals surface area contributed by atoms with E-state index in [2.05, 4.69) is 11.1 Å². The molecule has 0 spiro atoms. The van der Waals surface area contributed by atoms with Gasteiger partial charge in [0.15, 0.2) is 0 Å². The Morgan fingerprint density at radius 1 is 1.63 bits per heavy atom. The molecule has 5 heteroatoms. The van der Waals surface area contributed by atoms with Gasteiger partial charge in [0.05, 0.1) is 17.0 Å². The Labute approximate surface area is 117 Å². The maximum absolute atomic E-state index is 12.5. The number of nitriles is 1. The fraction of sp³-hybridized carbons (Fsp3) is 0.500. The number of hydrogen-bond acceptors (Lipinski definition) is 4. The Balaban J connectivity index is 2.22. The number of piperidine rings is 1. The minimum absolute atomic E-state index is 0.0152. The normalized spacial score (nSPS) is 22.9. The lowest BCUT2D eigenvalue weighted by atomic mass is 9.83. The molecular weight excluding hydrogens is 258 g/mol. The first-order valence-electron chi connectivity index (χ1n) is 6.29. The average molecular weight is 275 g/mol. The van der Waals surface area contributed by atoms with Crippen LogP contribution < -0.4 is 0 Å². The summed E-state index contributed by atoms with van der Waals surface area (Å²) in [6.45, 7) is 3.15. The van der Waals surface area contributed by atoms with Crippen molar-refractivity contribution in [3.63, 3.8) is 0 Å². The molecule has 1 atom stereocenters. The van der Waals surface area contributed by atoms with E-state index in [1.165, 1.54) is 11.8 Å². The zero-order chi connectivity index (χ0) is 13.9. The van der Waals surface area contributed by atoms with Crippen LogP contribution in [0.15, 0.2) is 23.4 Å². The van der Waals surface area contributed by atoms with Crippen LogP contribution in [0, 0.1) is 16.7 Å². The van der Waals surface area contributed by atoms with Crippen LogP contribution in [0.3, 0.4) is 0 Å². The molecule has 4 nitrogen and oxygen atoms in total. The largest absolute Gasteiger partial charge is 0.337 e. The molecule has 1 amide bonds. The number of hydrogen-bond donors (Lipinski definition) is 0. The predicted molar refractivity (Wildman–Crippen MR) is 74.9 cm³/mol. The highest BCUT2D eigenvalue weighted by atomic mass is 32.2. The van der Waals surface area contributed by atoms with Gasteiger partial charge in [-0.1, -0.05) is 0 Å². The van der Waals surface area contributed by atoms with E-state index in [9.17, 15) is 10.1 Å². The van der Waals surface area contributed by atoms with E-state index in [0.29, 0.717) is 12.1 Å². The van der Waals surface area contributed by atoms with Crippen molar-refractivity contribution in [2.75, 3.05) is 19.3 Å².